The summed E-state index contributed by atoms with van der Waals surface area (Å²) in [6, 6.07) is 41.6. The molecule has 0 radical (unpaired) electrons. The molecule has 0 aliphatic heterocycles. The maximum absolute atomic E-state index is 6.60. The van der Waals surface area contributed by atoms with Crippen LogP contribution in [0.1, 0.15) is 76.2 Å². The fourth-order valence-electron chi connectivity index (χ4n) is 6.31. The number of pyridine rings is 2. The molecule has 4 aromatic carbocycles. The summed E-state index contributed by atoms with van der Waals surface area (Å²) >= 11 is 0. The number of hydrogen-bond acceptors (Lipinski definition) is 8. The van der Waals surface area contributed by atoms with Crippen molar-refractivity contribution in [1.82, 2.24) is 34.9 Å². The van der Waals surface area contributed by atoms with Crippen LogP contribution in [0.3, 0.4) is 0 Å². The average molecular weight is 1010 g/mol. The summed E-state index contributed by atoms with van der Waals surface area (Å²) in [6.07, 6.45) is 3.54. The summed E-state index contributed by atoms with van der Waals surface area (Å²) in [7, 11) is 0. The van der Waals surface area contributed by atoms with Gasteiger partial charge in [-0.1, -0.05) is 112 Å². The number of ether oxygens (including phenoxy) is 2. The minimum atomic E-state index is 0. The first-order valence-corrected chi connectivity index (χ1v) is 18.0. The van der Waals surface area contributed by atoms with Gasteiger partial charge >= 0.3 is 41.5 Å². The van der Waals surface area contributed by atoms with Gasteiger partial charge in [0.2, 0.25) is 0 Å². The zero-order valence-electron chi connectivity index (χ0n) is 31.5. The Labute approximate surface area is 354 Å². The van der Waals surface area contributed by atoms with Gasteiger partial charge < -0.3 is 24.0 Å². The van der Waals surface area contributed by atoms with Crippen molar-refractivity contribution in [1.29, 1.82) is 0 Å². The third-order valence-electron chi connectivity index (χ3n) is 9.16. The summed E-state index contributed by atoms with van der Waals surface area (Å²) in [5.74, 6) is 3.51. The van der Waals surface area contributed by atoms with Crippen molar-refractivity contribution in [3.8, 4) is 51.5 Å². The monoisotopic (exact) mass is 1010 g/mol. The van der Waals surface area contributed by atoms with Crippen molar-refractivity contribution < 1.29 is 51.0 Å². The Morgan fingerprint density at radius 1 is 0.518 bits per heavy atom. The molecule has 8 aromatic rings. The maximum Gasteiger partial charge on any atom is 2.00 e. The Morgan fingerprint density at radius 2 is 0.982 bits per heavy atom. The van der Waals surface area contributed by atoms with Gasteiger partial charge in [-0.25, -0.2) is 0 Å². The van der Waals surface area contributed by atoms with Crippen LogP contribution in [0.4, 0.5) is 0 Å². The zero-order valence-corrected chi connectivity index (χ0v) is 35.4. The van der Waals surface area contributed by atoms with Gasteiger partial charge in [0.1, 0.15) is 0 Å². The summed E-state index contributed by atoms with van der Waals surface area (Å²) in [4.78, 5) is 9.04. The van der Waals surface area contributed by atoms with Gasteiger partial charge in [0, 0.05) is 41.3 Å². The molecule has 0 aliphatic rings. The van der Waals surface area contributed by atoms with Crippen LogP contribution >= 0.6 is 0 Å². The molecular weight excluding hydrogens is 972 g/mol. The van der Waals surface area contributed by atoms with E-state index in [4.69, 9.17) is 9.47 Å². The molecule has 56 heavy (non-hydrogen) atoms. The van der Waals surface area contributed by atoms with Gasteiger partial charge in [0.05, 0.1) is 0 Å². The van der Waals surface area contributed by atoms with Crippen LogP contribution < -0.4 is 9.47 Å². The minimum Gasteiger partial charge on any atom is -0.503 e. The molecule has 0 spiro atoms. The molecule has 0 bridgehead atoms. The molecule has 0 fully saturated rings. The van der Waals surface area contributed by atoms with Gasteiger partial charge in [-0.05, 0) is 23.5 Å². The molecule has 0 aliphatic carbocycles. The molecule has 0 amide bonds. The molecule has 8 rings (SSSR count). The maximum atomic E-state index is 6.60. The van der Waals surface area contributed by atoms with Crippen molar-refractivity contribution in [2.24, 2.45) is 0 Å². The standard InChI is InChI=1S/C45H37N7O2.Pd.Pt/c1-27(2)34-17-13-30(38-11-7-9-21-46-38)23-42(34)53-32-15-19-36-37-20-16-33(26-41(37)52(40(36)25-32)45-50-48-44(29(5)6)49-51-45)54-43-24-31(14-18-35(43)28(3)4)39-12-8-10-22-47-39;;/h7-22,27-29H,1-6H3;;/q-4;2*+2. The molecule has 284 valence electrons. The second kappa shape index (κ2) is 17.3. The van der Waals surface area contributed by atoms with Crippen LogP contribution in [0, 0.1) is 24.3 Å². The molecule has 4 aromatic heterocycles. The topological polar surface area (TPSA) is 101 Å². The Balaban J connectivity index is 0.00000266. The normalized spacial score (nSPS) is 11.2. The number of aromatic nitrogens is 7. The number of nitrogens with zero attached hydrogens (tertiary/aromatic N) is 7. The summed E-state index contributed by atoms with van der Waals surface area (Å²) in [5.41, 5.74) is 6.70. The predicted octanol–water partition coefficient (Wildman–Crippen LogP) is 10.6. The minimum absolute atomic E-state index is 0. The molecule has 11 heteroatoms. The number of fused-ring (bicyclic) bond motifs is 3. The van der Waals surface area contributed by atoms with E-state index in [9.17, 15) is 0 Å². The van der Waals surface area contributed by atoms with Gasteiger partial charge in [-0.15, -0.1) is 80.1 Å². The SMILES string of the molecule is CC(C)c1nnc(-n2c3[c-]c(Oc4[c-]c(-c5ccccn5)ccc4C(C)C)ccc3c3ccc(Oc4[c-]c(-c5ccccn5)ccc4C(C)C)[c-]c32)nn1.[Pd+2].[Pt+2]. The van der Waals surface area contributed by atoms with Gasteiger partial charge in [-0.2, -0.15) is 22.9 Å². The van der Waals surface area contributed by atoms with Crippen molar-refractivity contribution >= 4 is 21.8 Å². The third-order valence-corrected chi connectivity index (χ3v) is 9.16. The molecule has 4 heterocycles. The van der Waals surface area contributed by atoms with E-state index in [1.54, 1.807) is 12.4 Å². The third kappa shape index (κ3) is 8.20. The van der Waals surface area contributed by atoms with E-state index in [1.807, 2.05) is 91.2 Å². The van der Waals surface area contributed by atoms with Gasteiger partial charge in [0.25, 0.3) is 5.95 Å². The van der Waals surface area contributed by atoms with Gasteiger partial charge in [0.15, 0.2) is 5.82 Å². The first kappa shape index (κ1) is 40.5. The molecule has 0 N–H and O–H groups in total. The number of rotatable bonds is 10. The second-order valence-corrected chi connectivity index (χ2v) is 14.0. The van der Waals surface area contributed by atoms with Crippen LogP contribution in [0.2, 0.25) is 0 Å². The molecular formula is C45H37N7O2PdPt. The van der Waals surface area contributed by atoms with Crippen molar-refractivity contribution in [2.45, 2.75) is 59.3 Å². The first-order chi connectivity index (χ1) is 26.2. The predicted molar refractivity (Wildman–Crippen MR) is 209 cm³/mol. The van der Waals surface area contributed by atoms with Crippen LogP contribution in [0.25, 0.3) is 50.3 Å². The molecule has 9 nitrogen and oxygen atoms in total. The molecule has 0 unspecified atom stereocenters. The average Bonchev–Trinajstić information content (AvgIpc) is 3.51. The van der Waals surface area contributed by atoms with E-state index in [1.165, 1.54) is 0 Å². The number of hydrogen-bond donors (Lipinski definition) is 0. The van der Waals surface area contributed by atoms with E-state index in [0.717, 1.165) is 44.4 Å². The van der Waals surface area contributed by atoms with Crippen LogP contribution in [-0.4, -0.2) is 34.9 Å². The van der Waals surface area contributed by atoms with Crippen LogP contribution in [-0.2, 0) is 41.5 Å². The van der Waals surface area contributed by atoms with E-state index in [0.29, 0.717) is 39.9 Å². The quantitative estimate of drug-likeness (QED) is 0.0987. The molecule has 0 saturated carbocycles. The Morgan fingerprint density at radius 3 is 1.38 bits per heavy atom. The zero-order chi connectivity index (χ0) is 37.3. The second-order valence-electron chi connectivity index (χ2n) is 14.0. The smallest absolute Gasteiger partial charge is 0.503 e. The summed E-state index contributed by atoms with van der Waals surface area (Å²) in [5, 5.41) is 19.7. The van der Waals surface area contributed by atoms with Gasteiger partial charge in [-0.3, -0.25) is 0 Å². The largest absolute Gasteiger partial charge is 2.00 e. The summed E-state index contributed by atoms with van der Waals surface area (Å²) < 4.78 is 15.0. The van der Waals surface area contributed by atoms with Crippen molar-refractivity contribution in [2.75, 3.05) is 0 Å². The Hall–Kier alpha value is -5.13. The van der Waals surface area contributed by atoms with E-state index in [2.05, 4.69) is 94.5 Å². The fraction of sp³-hybridized carbons (Fsp3) is 0.200. The first-order valence-electron chi connectivity index (χ1n) is 18.0. The Bertz CT molecular complexity index is 2440. The molecule has 0 atom stereocenters. The van der Waals surface area contributed by atoms with Crippen LogP contribution in [0.5, 0.6) is 23.0 Å². The van der Waals surface area contributed by atoms with Crippen LogP contribution in [0.15, 0.2) is 97.3 Å². The fourth-order valence-corrected chi connectivity index (χ4v) is 6.31. The van der Waals surface area contributed by atoms with Crippen molar-refractivity contribution in [3.05, 3.63) is 139 Å². The molecule has 0 saturated heterocycles. The van der Waals surface area contributed by atoms with E-state index in [-0.39, 0.29) is 65.2 Å². The van der Waals surface area contributed by atoms with E-state index < -0.39 is 0 Å². The van der Waals surface area contributed by atoms with Crippen molar-refractivity contribution in [3.63, 3.8) is 0 Å². The summed E-state index contributed by atoms with van der Waals surface area (Å²) in [6.45, 7) is 12.5. The number of benzene rings is 4. The Kier molecular flexibility index (Phi) is 12.6. The van der Waals surface area contributed by atoms with E-state index >= 15 is 0 Å².